The number of hydrogen-bond donors (Lipinski definition) is 2. The van der Waals surface area contributed by atoms with Crippen LogP contribution in [0.25, 0.3) is 0 Å². The molecule has 3 heteroatoms. The second kappa shape index (κ2) is 3.55. The number of fused-ring (bicyclic) bond motifs is 2. The first-order chi connectivity index (χ1) is 8.15. The number of ether oxygens (including phenoxy) is 1. The van der Waals surface area contributed by atoms with Gasteiger partial charge in [0, 0.05) is 12.0 Å². The van der Waals surface area contributed by atoms with Gasteiger partial charge >= 0.3 is 0 Å². The Kier molecular flexibility index (Phi) is 2.15. The van der Waals surface area contributed by atoms with Crippen LogP contribution in [0.4, 0.5) is 0 Å². The van der Waals surface area contributed by atoms with E-state index in [9.17, 15) is 10.2 Å². The maximum Gasteiger partial charge on any atom is 0.127 e. The Balaban J connectivity index is 2.05. The van der Waals surface area contributed by atoms with Crippen LogP contribution < -0.4 is 4.74 Å². The number of aliphatic hydroxyl groups excluding tert-OH is 1. The first-order valence-electron chi connectivity index (χ1n) is 5.74. The van der Waals surface area contributed by atoms with Crippen molar-refractivity contribution in [2.24, 2.45) is 5.92 Å². The van der Waals surface area contributed by atoms with Gasteiger partial charge in [-0.2, -0.15) is 0 Å². The van der Waals surface area contributed by atoms with E-state index >= 15 is 0 Å². The van der Waals surface area contributed by atoms with Gasteiger partial charge in [0.15, 0.2) is 0 Å². The third-order valence-corrected chi connectivity index (χ3v) is 3.53. The highest BCUT2D eigenvalue weighted by Gasteiger charge is 2.34. The molecule has 1 heterocycles. The molecule has 1 aliphatic carbocycles. The molecule has 2 N–H and O–H groups in total. The first-order valence-corrected chi connectivity index (χ1v) is 5.74. The Labute approximate surface area is 99.7 Å². The Bertz CT molecular complexity index is 516. The van der Waals surface area contributed by atoms with Gasteiger partial charge in [0.25, 0.3) is 0 Å². The lowest BCUT2D eigenvalue weighted by molar-refractivity contribution is 0.155. The van der Waals surface area contributed by atoms with Crippen LogP contribution >= 0.6 is 0 Å². The molecule has 0 spiro atoms. The number of benzene rings is 1. The molecule has 0 bridgehead atoms. The summed E-state index contributed by atoms with van der Waals surface area (Å²) in [7, 11) is 0. The fourth-order valence-electron chi connectivity index (χ4n) is 2.57. The predicted octanol–water partition coefficient (Wildman–Crippen LogP) is 2.88. The van der Waals surface area contributed by atoms with Crippen LogP contribution in [0.1, 0.15) is 18.4 Å². The smallest absolute Gasteiger partial charge is 0.127 e. The van der Waals surface area contributed by atoms with Crippen LogP contribution in [-0.4, -0.2) is 16.3 Å². The molecular formula is C14H14O3. The molecule has 0 amide bonds. The minimum absolute atomic E-state index is 0.149. The zero-order chi connectivity index (χ0) is 12.0. The molecule has 0 saturated carbocycles. The first kappa shape index (κ1) is 10.3. The number of hydrogen-bond acceptors (Lipinski definition) is 3. The monoisotopic (exact) mass is 230 g/mol. The summed E-state index contributed by atoms with van der Waals surface area (Å²) in [5.74, 6) is 1.70. The van der Waals surface area contributed by atoms with E-state index in [-0.39, 0.29) is 23.5 Å². The van der Waals surface area contributed by atoms with Crippen molar-refractivity contribution in [3.05, 3.63) is 47.7 Å². The maximum absolute atomic E-state index is 9.48. The van der Waals surface area contributed by atoms with Crippen LogP contribution in [-0.2, 0) is 0 Å². The second-order valence-electron chi connectivity index (χ2n) is 4.62. The number of phenolic OH excluding ortho intramolecular Hbond substituents is 1. The van der Waals surface area contributed by atoms with Gasteiger partial charge in [0.2, 0.25) is 0 Å². The van der Waals surface area contributed by atoms with Gasteiger partial charge < -0.3 is 14.9 Å². The predicted molar refractivity (Wildman–Crippen MR) is 64.3 cm³/mol. The maximum atomic E-state index is 9.48. The molecule has 3 atom stereocenters. The highest BCUT2D eigenvalue weighted by molar-refractivity contribution is 5.46. The molecule has 1 aromatic carbocycles. The number of rotatable bonds is 0. The summed E-state index contributed by atoms with van der Waals surface area (Å²) in [6.07, 6.45) is 5.27. The molecule has 0 aromatic heterocycles. The second-order valence-corrected chi connectivity index (χ2v) is 4.62. The average molecular weight is 230 g/mol. The molecule has 0 radical (unpaired) electrons. The van der Waals surface area contributed by atoms with Crippen LogP contribution in [0, 0.1) is 5.92 Å². The van der Waals surface area contributed by atoms with E-state index in [1.54, 1.807) is 24.3 Å². The normalized spacial score (nSPS) is 29.9. The lowest BCUT2D eigenvalue weighted by Gasteiger charge is -2.36. The molecule has 2 aliphatic rings. The van der Waals surface area contributed by atoms with Crippen LogP contribution in [0.5, 0.6) is 11.5 Å². The SMILES string of the molecule is CC1c2ccc(O)cc2OC2C=C(O)C=CC21. The van der Waals surface area contributed by atoms with Crippen molar-refractivity contribution in [1.82, 2.24) is 0 Å². The van der Waals surface area contributed by atoms with Crippen molar-refractivity contribution in [1.29, 1.82) is 0 Å². The van der Waals surface area contributed by atoms with E-state index in [1.807, 2.05) is 12.1 Å². The molecular weight excluding hydrogens is 216 g/mol. The highest BCUT2D eigenvalue weighted by Crippen LogP contribution is 2.43. The van der Waals surface area contributed by atoms with Crippen LogP contribution in [0.3, 0.4) is 0 Å². The fraction of sp³-hybridized carbons (Fsp3) is 0.286. The van der Waals surface area contributed by atoms with Crippen molar-refractivity contribution in [2.45, 2.75) is 18.9 Å². The Hall–Kier alpha value is -1.90. The summed E-state index contributed by atoms with van der Waals surface area (Å²) in [5.41, 5.74) is 1.10. The minimum Gasteiger partial charge on any atom is -0.508 e. The van der Waals surface area contributed by atoms with E-state index in [2.05, 4.69) is 6.92 Å². The topological polar surface area (TPSA) is 49.7 Å². The number of aromatic hydroxyl groups is 1. The molecule has 1 aromatic rings. The number of allylic oxidation sites excluding steroid dienone is 1. The van der Waals surface area contributed by atoms with Crippen molar-refractivity contribution >= 4 is 0 Å². The van der Waals surface area contributed by atoms with Gasteiger partial charge in [-0.1, -0.05) is 19.1 Å². The third kappa shape index (κ3) is 1.58. The summed E-state index contributed by atoms with van der Waals surface area (Å²) in [5, 5.41) is 18.9. The average Bonchev–Trinajstić information content (AvgIpc) is 2.28. The largest absolute Gasteiger partial charge is 0.508 e. The molecule has 3 unspecified atom stereocenters. The van der Waals surface area contributed by atoms with Gasteiger partial charge in [-0.3, -0.25) is 0 Å². The molecule has 1 aliphatic heterocycles. The van der Waals surface area contributed by atoms with Crippen molar-refractivity contribution in [2.75, 3.05) is 0 Å². The summed E-state index contributed by atoms with van der Waals surface area (Å²) in [4.78, 5) is 0. The summed E-state index contributed by atoms with van der Waals surface area (Å²) in [6.45, 7) is 2.14. The summed E-state index contributed by atoms with van der Waals surface area (Å²) >= 11 is 0. The van der Waals surface area contributed by atoms with Gasteiger partial charge in [-0.15, -0.1) is 0 Å². The highest BCUT2D eigenvalue weighted by atomic mass is 16.5. The Morgan fingerprint density at radius 3 is 2.88 bits per heavy atom. The zero-order valence-corrected chi connectivity index (χ0v) is 9.50. The van der Waals surface area contributed by atoms with Gasteiger partial charge in [0.05, 0.1) is 0 Å². The van der Waals surface area contributed by atoms with E-state index < -0.39 is 0 Å². The molecule has 3 rings (SSSR count). The lowest BCUT2D eigenvalue weighted by Crippen LogP contribution is -2.34. The molecule has 3 nitrogen and oxygen atoms in total. The van der Waals surface area contributed by atoms with E-state index in [1.165, 1.54) is 0 Å². The summed E-state index contributed by atoms with van der Waals surface area (Å²) < 4.78 is 5.81. The molecule has 17 heavy (non-hydrogen) atoms. The summed E-state index contributed by atoms with van der Waals surface area (Å²) in [6, 6.07) is 5.21. The number of phenols is 1. The molecule has 0 fully saturated rings. The standard InChI is InChI=1S/C14H14O3/c1-8-11-4-2-9(15)6-13(11)17-14-7-10(16)3-5-12(8)14/h2-8,11,13,15-16H,1H3. The van der Waals surface area contributed by atoms with Crippen LogP contribution in [0.15, 0.2) is 42.2 Å². The van der Waals surface area contributed by atoms with Gasteiger partial charge in [-0.05, 0) is 29.7 Å². The Morgan fingerprint density at radius 2 is 2.06 bits per heavy atom. The molecule has 88 valence electrons. The van der Waals surface area contributed by atoms with E-state index in [4.69, 9.17) is 4.74 Å². The fourth-order valence-corrected chi connectivity index (χ4v) is 2.57. The van der Waals surface area contributed by atoms with Crippen molar-refractivity contribution in [3.63, 3.8) is 0 Å². The minimum atomic E-state index is -0.149. The van der Waals surface area contributed by atoms with Crippen LogP contribution in [0.2, 0.25) is 0 Å². The van der Waals surface area contributed by atoms with Gasteiger partial charge in [-0.25, -0.2) is 0 Å². The van der Waals surface area contributed by atoms with E-state index in [0.717, 1.165) is 5.56 Å². The Morgan fingerprint density at radius 1 is 1.24 bits per heavy atom. The van der Waals surface area contributed by atoms with Crippen molar-refractivity contribution < 1.29 is 14.9 Å². The zero-order valence-electron chi connectivity index (χ0n) is 9.50. The quantitative estimate of drug-likeness (QED) is 0.720. The van der Waals surface area contributed by atoms with Crippen molar-refractivity contribution in [3.8, 4) is 11.5 Å². The third-order valence-electron chi connectivity index (χ3n) is 3.53. The lowest BCUT2D eigenvalue weighted by atomic mass is 9.79. The van der Waals surface area contributed by atoms with Gasteiger partial charge in [0.1, 0.15) is 23.4 Å². The number of aliphatic hydroxyl groups is 1. The molecule has 0 saturated heterocycles. The van der Waals surface area contributed by atoms with E-state index in [0.29, 0.717) is 11.7 Å².